The summed E-state index contributed by atoms with van der Waals surface area (Å²) in [6.07, 6.45) is 3.61. The molecule has 0 saturated heterocycles. The van der Waals surface area contributed by atoms with Crippen LogP contribution < -0.4 is 0 Å². The molecule has 0 aliphatic carbocycles. The zero-order valence-corrected chi connectivity index (χ0v) is 8.86. The zero-order chi connectivity index (χ0) is 10.1. The number of nitrogens with zero attached hydrogens (tertiary/aromatic N) is 2. The lowest BCUT2D eigenvalue weighted by atomic mass is 10.2. The molecule has 0 saturated carbocycles. The Bertz CT molecular complexity index is 429. The summed E-state index contributed by atoms with van der Waals surface area (Å²) in [6, 6.07) is 10.4. The van der Waals surface area contributed by atoms with E-state index in [0.29, 0.717) is 6.17 Å². The van der Waals surface area contributed by atoms with Crippen molar-refractivity contribution in [1.29, 1.82) is 0 Å². The maximum absolute atomic E-state index is 3.27. The highest BCUT2D eigenvalue weighted by atomic mass is 15.2. The maximum atomic E-state index is 3.27. The highest BCUT2D eigenvalue weighted by Crippen LogP contribution is 2.19. The van der Waals surface area contributed by atoms with E-state index in [1.54, 1.807) is 0 Å². The quantitative estimate of drug-likeness (QED) is 0.701. The van der Waals surface area contributed by atoms with E-state index in [-0.39, 0.29) is 0 Å². The van der Waals surface area contributed by atoms with E-state index in [0.717, 1.165) is 0 Å². The third-order valence-electron chi connectivity index (χ3n) is 2.68. The lowest BCUT2D eigenvalue weighted by Crippen LogP contribution is -2.22. The highest BCUT2D eigenvalue weighted by Gasteiger charge is 2.09. The van der Waals surface area contributed by atoms with Gasteiger partial charge in [-0.1, -0.05) is 18.2 Å². The first-order valence-electron chi connectivity index (χ1n) is 4.84. The molecule has 1 aromatic heterocycles. The lowest BCUT2D eigenvalue weighted by molar-refractivity contribution is 0.243. The highest BCUT2D eigenvalue weighted by molar-refractivity contribution is 5.79. The third-order valence-corrected chi connectivity index (χ3v) is 2.68. The first-order chi connectivity index (χ1) is 6.70. The van der Waals surface area contributed by atoms with E-state index >= 15 is 0 Å². The lowest BCUT2D eigenvalue weighted by Gasteiger charge is -2.22. The molecule has 2 aromatic rings. The summed E-state index contributed by atoms with van der Waals surface area (Å²) < 4.78 is 2.16. The monoisotopic (exact) mass is 187 g/mol. The number of aromatic nitrogens is 1. The molecular formula is C12H15N2. The number of hydrogen-bond donors (Lipinski definition) is 0. The molecule has 1 aromatic carbocycles. The van der Waals surface area contributed by atoms with Gasteiger partial charge in [-0.2, -0.15) is 0 Å². The van der Waals surface area contributed by atoms with Crippen molar-refractivity contribution in [2.75, 3.05) is 14.1 Å². The van der Waals surface area contributed by atoms with Crippen molar-refractivity contribution in [3.05, 3.63) is 36.5 Å². The van der Waals surface area contributed by atoms with Crippen molar-refractivity contribution in [1.82, 2.24) is 9.47 Å². The predicted molar refractivity (Wildman–Crippen MR) is 59.2 cm³/mol. The van der Waals surface area contributed by atoms with Gasteiger partial charge in [0.15, 0.2) is 0 Å². The molecule has 2 rings (SSSR count). The van der Waals surface area contributed by atoms with Gasteiger partial charge in [-0.3, -0.25) is 4.90 Å². The molecule has 73 valence electrons. The van der Waals surface area contributed by atoms with Gasteiger partial charge in [-0.05, 0) is 33.2 Å². The Morgan fingerprint density at radius 2 is 2.00 bits per heavy atom. The fourth-order valence-corrected chi connectivity index (χ4v) is 1.58. The Morgan fingerprint density at radius 1 is 1.29 bits per heavy atom. The normalized spacial score (nSPS) is 13.7. The van der Waals surface area contributed by atoms with Crippen LogP contribution in [0.3, 0.4) is 0 Å². The summed E-state index contributed by atoms with van der Waals surface area (Å²) in [4.78, 5) is 2.17. The van der Waals surface area contributed by atoms with Gasteiger partial charge in [0, 0.05) is 10.9 Å². The summed E-state index contributed by atoms with van der Waals surface area (Å²) in [7, 11) is 4.15. The molecule has 0 fully saturated rings. The molecule has 14 heavy (non-hydrogen) atoms. The maximum Gasteiger partial charge on any atom is 0.0837 e. The van der Waals surface area contributed by atoms with Crippen LogP contribution in [0.15, 0.2) is 30.3 Å². The van der Waals surface area contributed by atoms with E-state index in [1.165, 1.54) is 10.9 Å². The molecule has 0 amide bonds. The van der Waals surface area contributed by atoms with Crippen molar-refractivity contribution in [2.24, 2.45) is 0 Å². The molecule has 1 heterocycles. The van der Waals surface area contributed by atoms with E-state index in [2.05, 4.69) is 60.9 Å². The van der Waals surface area contributed by atoms with Gasteiger partial charge in [0.2, 0.25) is 0 Å². The number of fused-ring (bicyclic) bond motifs is 1. The van der Waals surface area contributed by atoms with Crippen LogP contribution in [-0.2, 0) is 0 Å². The molecule has 0 aliphatic rings. The largest absolute Gasteiger partial charge is 0.323 e. The standard InChI is InChI=1S/C12H15N2/c1-10(13(2)3)14-9-8-11-6-4-5-7-12(11)14/h4-8,10H,1-3H3. The number of benzene rings is 1. The van der Waals surface area contributed by atoms with Crippen LogP contribution >= 0.6 is 0 Å². The number of rotatable bonds is 2. The fraction of sp³-hybridized carbons (Fsp3) is 0.333. The average Bonchev–Trinajstić information content (AvgIpc) is 2.60. The summed E-state index contributed by atoms with van der Waals surface area (Å²) in [5.74, 6) is 0. The van der Waals surface area contributed by atoms with Crippen molar-refractivity contribution in [3.8, 4) is 0 Å². The van der Waals surface area contributed by atoms with Gasteiger partial charge in [0.25, 0.3) is 0 Å². The summed E-state index contributed by atoms with van der Waals surface area (Å²) in [5.41, 5.74) is 1.24. The second-order valence-corrected chi connectivity index (χ2v) is 3.80. The van der Waals surface area contributed by atoms with E-state index in [4.69, 9.17) is 0 Å². The molecule has 1 radical (unpaired) electrons. The second-order valence-electron chi connectivity index (χ2n) is 3.80. The van der Waals surface area contributed by atoms with Crippen LogP contribution in [-0.4, -0.2) is 23.6 Å². The van der Waals surface area contributed by atoms with Crippen molar-refractivity contribution in [2.45, 2.75) is 13.1 Å². The second kappa shape index (κ2) is 3.46. The third kappa shape index (κ3) is 1.42. The molecule has 1 unspecified atom stereocenters. The van der Waals surface area contributed by atoms with Gasteiger partial charge in [0.05, 0.1) is 12.4 Å². The smallest absolute Gasteiger partial charge is 0.0837 e. The summed E-state index contributed by atoms with van der Waals surface area (Å²) in [6.45, 7) is 2.17. The van der Waals surface area contributed by atoms with E-state index in [1.807, 2.05) is 6.07 Å². The molecule has 2 nitrogen and oxygen atoms in total. The molecule has 0 aliphatic heterocycles. The molecule has 1 atom stereocenters. The number of para-hydroxylation sites is 1. The Balaban J connectivity index is 2.53. The average molecular weight is 187 g/mol. The Morgan fingerprint density at radius 3 is 2.71 bits per heavy atom. The fourth-order valence-electron chi connectivity index (χ4n) is 1.58. The zero-order valence-electron chi connectivity index (χ0n) is 8.86. The molecule has 0 bridgehead atoms. The van der Waals surface area contributed by atoms with Crippen LogP contribution in [0.1, 0.15) is 13.1 Å². The van der Waals surface area contributed by atoms with Crippen LogP contribution in [0.4, 0.5) is 0 Å². The van der Waals surface area contributed by atoms with Gasteiger partial charge < -0.3 is 4.57 Å². The van der Waals surface area contributed by atoms with Crippen LogP contribution in [0, 0.1) is 6.20 Å². The van der Waals surface area contributed by atoms with Crippen molar-refractivity contribution < 1.29 is 0 Å². The van der Waals surface area contributed by atoms with Crippen LogP contribution in [0.5, 0.6) is 0 Å². The van der Waals surface area contributed by atoms with Crippen molar-refractivity contribution in [3.63, 3.8) is 0 Å². The van der Waals surface area contributed by atoms with Gasteiger partial charge in [0.1, 0.15) is 0 Å². The molecule has 0 N–H and O–H groups in total. The van der Waals surface area contributed by atoms with Crippen LogP contribution in [0.25, 0.3) is 10.9 Å². The molecular weight excluding hydrogens is 172 g/mol. The Hall–Kier alpha value is -1.28. The Labute approximate surface area is 84.8 Å². The van der Waals surface area contributed by atoms with Crippen LogP contribution in [0.2, 0.25) is 0 Å². The topological polar surface area (TPSA) is 8.17 Å². The minimum absolute atomic E-state index is 0.342. The molecule has 2 heteroatoms. The molecule has 0 spiro atoms. The number of hydrogen-bond acceptors (Lipinski definition) is 1. The Kier molecular flexibility index (Phi) is 2.30. The van der Waals surface area contributed by atoms with E-state index in [9.17, 15) is 0 Å². The minimum atomic E-state index is 0.342. The minimum Gasteiger partial charge on any atom is -0.323 e. The summed E-state index contributed by atoms with van der Waals surface area (Å²) >= 11 is 0. The van der Waals surface area contributed by atoms with E-state index < -0.39 is 0 Å². The predicted octanol–water partition coefficient (Wildman–Crippen LogP) is 2.52. The van der Waals surface area contributed by atoms with Gasteiger partial charge in [-0.25, -0.2) is 0 Å². The first kappa shape index (κ1) is 9.28. The first-order valence-corrected chi connectivity index (χ1v) is 4.84. The summed E-state index contributed by atoms with van der Waals surface area (Å²) in [5, 5.41) is 1.25. The van der Waals surface area contributed by atoms with Gasteiger partial charge >= 0.3 is 0 Å². The van der Waals surface area contributed by atoms with Crippen molar-refractivity contribution >= 4 is 10.9 Å². The SMILES string of the molecule is CC(N(C)C)n1[c]cc2ccccc21. The van der Waals surface area contributed by atoms with Gasteiger partial charge in [-0.15, -0.1) is 0 Å².